The lowest BCUT2D eigenvalue weighted by molar-refractivity contribution is 0.445. The Balaban J connectivity index is 2.08. The summed E-state index contributed by atoms with van der Waals surface area (Å²) in [5.41, 5.74) is 1.80. The smallest absolute Gasteiger partial charge is 0.214 e. The van der Waals surface area contributed by atoms with Gasteiger partial charge < -0.3 is 8.98 Å². The van der Waals surface area contributed by atoms with Gasteiger partial charge in [-0.25, -0.2) is 9.97 Å². The molecule has 0 radical (unpaired) electrons. The second-order valence-corrected chi connectivity index (χ2v) is 5.97. The molecule has 1 atom stereocenters. The Kier molecular flexibility index (Phi) is 3.91. The van der Waals surface area contributed by atoms with Crippen molar-refractivity contribution in [1.82, 2.24) is 14.5 Å². The summed E-state index contributed by atoms with van der Waals surface area (Å²) in [4.78, 5) is 8.88. The summed E-state index contributed by atoms with van der Waals surface area (Å²) in [6.45, 7) is 4.43. The number of fused-ring (bicyclic) bond motifs is 1. The van der Waals surface area contributed by atoms with Crippen LogP contribution >= 0.6 is 23.2 Å². The molecule has 0 fully saturated rings. The Hall–Kier alpha value is -1.52. The summed E-state index contributed by atoms with van der Waals surface area (Å²) in [6, 6.07) is 5.62. The van der Waals surface area contributed by atoms with Crippen LogP contribution in [0.4, 0.5) is 0 Å². The van der Waals surface area contributed by atoms with Crippen LogP contribution < -0.4 is 0 Å². The molecule has 0 N–H and O–H groups in total. The fraction of sp³-hybridized carbons (Fsp3) is 0.333. The Morgan fingerprint density at radius 3 is 2.86 bits per heavy atom. The molecular formula is C15H15Cl2N3O. The first-order valence-electron chi connectivity index (χ1n) is 6.81. The van der Waals surface area contributed by atoms with Crippen molar-refractivity contribution < 1.29 is 4.42 Å². The topological polar surface area (TPSA) is 43.9 Å². The van der Waals surface area contributed by atoms with Crippen molar-refractivity contribution in [2.75, 3.05) is 0 Å². The van der Waals surface area contributed by atoms with Gasteiger partial charge in [-0.1, -0.05) is 18.5 Å². The van der Waals surface area contributed by atoms with Gasteiger partial charge in [-0.15, -0.1) is 11.6 Å². The highest BCUT2D eigenvalue weighted by Crippen LogP contribution is 2.27. The standard InChI is InChI=1S/C15H15Cl2N3O/c1-3-11-7-18-14(21-11)8-20-13-5-4-10(17)6-12(13)19-15(20)9(2)16/h4-7,9H,3,8H2,1-2H3. The minimum atomic E-state index is -0.211. The molecule has 2 aromatic heterocycles. The highest BCUT2D eigenvalue weighted by Gasteiger charge is 2.17. The van der Waals surface area contributed by atoms with E-state index in [-0.39, 0.29) is 5.38 Å². The molecule has 0 saturated carbocycles. The van der Waals surface area contributed by atoms with Crippen molar-refractivity contribution in [2.24, 2.45) is 0 Å². The summed E-state index contributed by atoms with van der Waals surface area (Å²) >= 11 is 12.3. The van der Waals surface area contributed by atoms with Crippen molar-refractivity contribution >= 4 is 34.2 Å². The number of hydrogen-bond donors (Lipinski definition) is 0. The molecule has 6 heteroatoms. The number of halogens is 2. The lowest BCUT2D eigenvalue weighted by Crippen LogP contribution is -2.06. The first-order chi connectivity index (χ1) is 10.1. The number of nitrogens with zero attached hydrogens (tertiary/aromatic N) is 3. The molecule has 0 saturated heterocycles. The van der Waals surface area contributed by atoms with Crippen LogP contribution in [0.2, 0.25) is 5.02 Å². The van der Waals surface area contributed by atoms with Crippen LogP contribution in [0.3, 0.4) is 0 Å². The second-order valence-electron chi connectivity index (χ2n) is 4.88. The van der Waals surface area contributed by atoms with Crippen LogP contribution in [0.5, 0.6) is 0 Å². The van der Waals surface area contributed by atoms with Gasteiger partial charge in [0.2, 0.25) is 5.89 Å². The van der Waals surface area contributed by atoms with Gasteiger partial charge in [-0.05, 0) is 25.1 Å². The van der Waals surface area contributed by atoms with E-state index in [1.54, 1.807) is 6.20 Å². The Morgan fingerprint density at radius 2 is 2.19 bits per heavy atom. The van der Waals surface area contributed by atoms with Gasteiger partial charge in [0.25, 0.3) is 0 Å². The van der Waals surface area contributed by atoms with Gasteiger partial charge in [-0.3, -0.25) is 0 Å². The molecule has 3 aromatic rings. The highest BCUT2D eigenvalue weighted by atomic mass is 35.5. The molecule has 0 amide bonds. The first kappa shape index (κ1) is 14.4. The van der Waals surface area contributed by atoms with E-state index in [1.165, 1.54) is 0 Å². The zero-order valence-corrected chi connectivity index (χ0v) is 13.3. The summed E-state index contributed by atoms with van der Waals surface area (Å²) < 4.78 is 7.71. The van der Waals surface area contributed by atoms with Gasteiger partial charge in [0.1, 0.15) is 18.1 Å². The number of benzene rings is 1. The molecule has 0 spiro atoms. The fourth-order valence-electron chi connectivity index (χ4n) is 2.31. The monoisotopic (exact) mass is 323 g/mol. The normalized spacial score (nSPS) is 13.0. The quantitative estimate of drug-likeness (QED) is 0.659. The van der Waals surface area contributed by atoms with Gasteiger partial charge in [0.15, 0.2) is 0 Å². The van der Waals surface area contributed by atoms with E-state index in [2.05, 4.69) is 9.97 Å². The third-order valence-corrected chi connectivity index (χ3v) is 3.77. The number of oxazole rings is 1. The maximum absolute atomic E-state index is 6.25. The first-order valence-corrected chi connectivity index (χ1v) is 7.63. The van der Waals surface area contributed by atoms with Gasteiger partial charge in [0, 0.05) is 11.4 Å². The summed E-state index contributed by atoms with van der Waals surface area (Å²) in [7, 11) is 0. The minimum absolute atomic E-state index is 0.211. The highest BCUT2D eigenvalue weighted by molar-refractivity contribution is 6.31. The van der Waals surface area contributed by atoms with Crippen LogP contribution in [0.15, 0.2) is 28.8 Å². The lowest BCUT2D eigenvalue weighted by atomic mass is 10.3. The van der Waals surface area contributed by atoms with E-state index in [0.29, 0.717) is 17.5 Å². The lowest BCUT2D eigenvalue weighted by Gasteiger charge is -2.08. The molecule has 3 rings (SSSR count). The largest absolute Gasteiger partial charge is 0.444 e. The SMILES string of the molecule is CCc1cnc(Cn2c(C(C)Cl)nc3cc(Cl)ccc32)o1. The summed E-state index contributed by atoms with van der Waals surface area (Å²) in [6.07, 6.45) is 2.58. The van der Waals surface area contributed by atoms with Crippen molar-refractivity contribution in [1.29, 1.82) is 0 Å². The predicted octanol–water partition coefficient (Wildman–Crippen LogP) is 4.59. The van der Waals surface area contributed by atoms with Crippen molar-refractivity contribution in [3.63, 3.8) is 0 Å². The van der Waals surface area contributed by atoms with E-state index >= 15 is 0 Å². The molecule has 1 unspecified atom stereocenters. The zero-order valence-electron chi connectivity index (χ0n) is 11.8. The van der Waals surface area contributed by atoms with E-state index in [1.807, 2.05) is 36.6 Å². The van der Waals surface area contributed by atoms with E-state index < -0.39 is 0 Å². The van der Waals surface area contributed by atoms with Crippen molar-refractivity contribution in [3.8, 4) is 0 Å². The number of hydrogen-bond acceptors (Lipinski definition) is 3. The number of aryl methyl sites for hydroxylation is 1. The minimum Gasteiger partial charge on any atom is -0.444 e. The maximum atomic E-state index is 6.25. The van der Waals surface area contributed by atoms with Crippen molar-refractivity contribution in [2.45, 2.75) is 32.2 Å². The average molecular weight is 324 g/mol. The molecule has 0 aliphatic heterocycles. The number of imidazole rings is 1. The molecule has 4 nitrogen and oxygen atoms in total. The molecule has 0 aliphatic rings. The number of alkyl halides is 1. The zero-order chi connectivity index (χ0) is 15.0. The van der Waals surface area contributed by atoms with Gasteiger partial charge in [0.05, 0.1) is 22.6 Å². The van der Waals surface area contributed by atoms with Crippen LogP contribution in [0, 0.1) is 0 Å². The van der Waals surface area contributed by atoms with E-state index in [0.717, 1.165) is 29.0 Å². The molecule has 0 bridgehead atoms. The molecule has 0 aliphatic carbocycles. The van der Waals surface area contributed by atoms with Gasteiger partial charge in [-0.2, -0.15) is 0 Å². The molecular weight excluding hydrogens is 309 g/mol. The summed E-state index contributed by atoms with van der Waals surface area (Å²) in [5, 5.41) is 0.446. The number of rotatable bonds is 4. The fourth-order valence-corrected chi connectivity index (χ4v) is 2.64. The molecule has 110 valence electrons. The van der Waals surface area contributed by atoms with Crippen LogP contribution in [0.25, 0.3) is 11.0 Å². The Bertz CT molecular complexity index is 776. The van der Waals surface area contributed by atoms with Gasteiger partial charge >= 0.3 is 0 Å². The van der Waals surface area contributed by atoms with Crippen LogP contribution in [0.1, 0.15) is 36.7 Å². The third kappa shape index (κ3) is 2.78. The van der Waals surface area contributed by atoms with E-state index in [9.17, 15) is 0 Å². The van der Waals surface area contributed by atoms with Crippen molar-refractivity contribution in [3.05, 3.63) is 46.9 Å². The average Bonchev–Trinajstić information content (AvgIpc) is 3.04. The maximum Gasteiger partial charge on any atom is 0.214 e. The summed E-state index contributed by atoms with van der Waals surface area (Å²) in [5.74, 6) is 2.31. The predicted molar refractivity (Wildman–Crippen MR) is 84.0 cm³/mol. The molecule has 21 heavy (non-hydrogen) atoms. The van der Waals surface area contributed by atoms with Crippen LogP contribution in [-0.4, -0.2) is 14.5 Å². The number of aromatic nitrogens is 3. The Labute approximate surface area is 132 Å². The van der Waals surface area contributed by atoms with Crippen LogP contribution in [-0.2, 0) is 13.0 Å². The third-order valence-electron chi connectivity index (χ3n) is 3.34. The molecule has 2 heterocycles. The Morgan fingerprint density at radius 1 is 1.38 bits per heavy atom. The molecule has 1 aromatic carbocycles. The second kappa shape index (κ2) is 5.70. The van der Waals surface area contributed by atoms with E-state index in [4.69, 9.17) is 27.6 Å².